The van der Waals surface area contributed by atoms with Crippen LogP contribution in [0.15, 0.2) is 75.5 Å². The van der Waals surface area contributed by atoms with Crippen LogP contribution in [0.4, 0.5) is 0 Å². The van der Waals surface area contributed by atoms with Gasteiger partial charge in [0.05, 0.1) is 5.69 Å². The minimum absolute atomic E-state index is 0.0769. The number of rotatable bonds is 7. The second-order valence-corrected chi connectivity index (χ2v) is 12.1. The number of nitrogens with zero attached hydrogens (tertiary/aromatic N) is 2. The van der Waals surface area contributed by atoms with Crippen LogP contribution in [0.25, 0.3) is 11.1 Å². The Kier molecular flexibility index (Phi) is 9.74. The van der Waals surface area contributed by atoms with Gasteiger partial charge < -0.3 is 0 Å². The number of benzene rings is 2. The predicted octanol–water partition coefficient (Wildman–Crippen LogP) is 1.55. The number of H-pyrrole nitrogens is 1. The number of aromatic nitrogens is 2. The van der Waals surface area contributed by atoms with E-state index >= 15 is 0 Å². The average molecular weight is 547 g/mol. The summed E-state index contributed by atoms with van der Waals surface area (Å²) >= 11 is 0. The first kappa shape index (κ1) is 29.3. The Morgan fingerprint density at radius 1 is 0.946 bits per heavy atom. The number of hydrogen-bond acceptors (Lipinski definition) is 9. The molecule has 0 aliphatic carbocycles. The Bertz CT molecular complexity index is 1580. The fourth-order valence-corrected chi connectivity index (χ4v) is 4.64. The van der Waals surface area contributed by atoms with Gasteiger partial charge in [-0.25, -0.2) is 27.4 Å². The summed E-state index contributed by atoms with van der Waals surface area (Å²) in [4.78, 5) is 34.5. The van der Waals surface area contributed by atoms with Gasteiger partial charge in [-0.15, -0.1) is 0 Å². The maximum Gasteiger partial charge on any atom is 0.283 e. The molecule has 37 heavy (non-hydrogen) atoms. The molecule has 11 nitrogen and oxygen atoms in total. The zero-order chi connectivity index (χ0) is 27.8. The summed E-state index contributed by atoms with van der Waals surface area (Å²) < 4.78 is 45.2. The van der Waals surface area contributed by atoms with Crippen molar-refractivity contribution in [3.63, 3.8) is 0 Å². The monoisotopic (exact) mass is 546 g/mol. The lowest BCUT2D eigenvalue weighted by Crippen LogP contribution is -2.27. The highest BCUT2D eigenvalue weighted by atomic mass is 32.2. The first-order chi connectivity index (χ1) is 17.2. The molecule has 1 aromatic heterocycles. The summed E-state index contributed by atoms with van der Waals surface area (Å²) in [7, 11) is -7.03. The van der Waals surface area contributed by atoms with Gasteiger partial charge in [0.15, 0.2) is 19.7 Å². The van der Waals surface area contributed by atoms with Gasteiger partial charge >= 0.3 is 0 Å². The molecule has 0 atom stereocenters. The van der Waals surface area contributed by atoms with Crippen molar-refractivity contribution in [2.24, 2.45) is 5.10 Å². The maximum atomic E-state index is 11.8. The van der Waals surface area contributed by atoms with E-state index in [1.165, 1.54) is 6.92 Å². The number of carbonyl (C=O) groups excluding carboxylic acids is 2. The van der Waals surface area contributed by atoms with Gasteiger partial charge in [0.25, 0.3) is 11.5 Å². The largest absolute Gasteiger partial charge is 0.287 e. The van der Waals surface area contributed by atoms with Gasteiger partial charge in [-0.05, 0) is 19.4 Å². The number of aryl methyl sites for hydroxylation is 1. The number of amides is 1. The highest BCUT2D eigenvalue weighted by molar-refractivity contribution is 7.91. The zero-order valence-corrected chi connectivity index (χ0v) is 22.2. The highest BCUT2D eigenvalue weighted by Gasteiger charge is 2.21. The summed E-state index contributed by atoms with van der Waals surface area (Å²) in [5, 5.41) is 9.62. The molecule has 2 aromatic carbocycles. The van der Waals surface area contributed by atoms with Gasteiger partial charge in [0.1, 0.15) is 16.4 Å². The highest BCUT2D eigenvalue weighted by Crippen LogP contribution is 2.26. The van der Waals surface area contributed by atoms with E-state index in [2.05, 4.69) is 15.3 Å². The number of ketones is 1. The van der Waals surface area contributed by atoms with Crippen LogP contribution in [-0.2, 0) is 24.5 Å². The van der Waals surface area contributed by atoms with Crippen molar-refractivity contribution in [2.75, 3.05) is 18.3 Å². The van der Waals surface area contributed by atoms with Crippen molar-refractivity contribution in [3.8, 4) is 11.1 Å². The molecule has 0 unspecified atom stereocenters. The Morgan fingerprint density at radius 3 is 2.00 bits per heavy atom. The summed E-state index contributed by atoms with van der Waals surface area (Å²) in [5.41, 5.74) is 3.37. The molecule has 0 radical (unpaired) electrons. The minimum Gasteiger partial charge on any atom is -0.287 e. The number of Topliss-reactive ketones (excluding diaryl/α,β-unsaturated/α-hetero) is 1. The van der Waals surface area contributed by atoms with Gasteiger partial charge in [-0.3, -0.25) is 14.4 Å². The third-order valence-corrected chi connectivity index (χ3v) is 6.58. The van der Waals surface area contributed by atoms with Crippen molar-refractivity contribution in [3.05, 3.63) is 82.3 Å². The van der Waals surface area contributed by atoms with Crippen LogP contribution in [-0.4, -0.2) is 62.7 Å². The number of carbonyl (C=O) groups is 2. The van der Waals surface area contributed by atoms with Crippen molar-refractivity contribution < 1.29 is 26.4 Å². The van der Waals surface area contributed by atoms with Crippen molar-refractivity contribution >= 4 is 37.1 Å². The standard InChI is InChI=1S/C12H14N2O4S.C12H12N2O3S/c1-9(12(16)10-6-4-3-5-7-10)13-14-11(15)8-19(2,17)18;1-8-10(9-6-4-3-5-7-9)11(18(2,16)17)12(15)14-13-8/h3-7H,8H2,1-2H3,(H,14,15);3-7H,1-2H3,(H,14,15)/b13-9-;. The smallest absolute Gasteiger partial charge is 0.283 e. The minimum atomic E-state index is -3.62. The van der Waals surface area contributed by atoms with E-state index in [1.54, 1.807) is 61.5 Å². The lowest BCUT2D eigenvalue weighted by atomic mass is 10.1. The Labute approximate surface area is 214 Å². The molecule has 0 fully saturated rings. The van der Waals surface area contributed by atoms with E-state index in [0.29, 0.717) is 22.4 Å². The van der Waals surface area contributed by atoms with Crippen LogP contribution in [0.1, 0.15) is 23.0 Å². The van der Waals surface area contributed by atoms with E-state index in [1.807, 2.05) is 11.5 Å². The molecule has 0 saturated heterocycles. The molecule has 2 N–H and O–H groups in total. The van der Waals surface area contributed by atoms with E-state index in [4.69, 9.17) is 0 Å². The zero-order valence-electron chi connectivity index (χ0n) is 20.5. The predicted molar refractivity (Wildman–Crippen MR) is 140 cm³/mol. The SMILES string of the molecule is C/C(=N/NC(=O)CS(C)(=O)=O)C(=O)c1ccccc1.Cc1n[nH]c(=O)c(S(C)(=O)=O)c1-c1ccccc1. The number of hydrogen-bond donors (Lipinski definition) is 2. The van der Waals surface area contributed by atoms with E-state index in [-0.39, 0.29) is 16.4 Å². The first-order valence-electron chi connectivity index (χ1n) is 10.7. The molecule has 0 aliphatic heterocycles. The van der Waals surface area contributed by atoms with Gasteiger partial charge in [0, 0.05) is 23.6 Å². The van der Waals surface area contributed by atoms with E-state index in [0.717, 1.165) is 12.5 Å². The summed E-state index contributed by atoms with van der Waals surface area (Å²) in [6.07, 6.45) is 1.96. The molecular weight excluding hydrogens is 520 g/mol. The van der Waals surface area contributed by atoms with E-state index < -0.39 is 36.9 Å². The number of sulfone groups is 2. The Morgan fingerprint density at radius 2 is 1.49 bits per heavy atom. The second kappa shape index (κ2) is 12.3. The number of aromatic amines is 1. The molecule has 3 rings (SSSR count). The van der Waals surface area contributed by atoms with E-state index in [9.17, 15) is 31.2 Å². The molecule has 1 heterocycles. The summed E-state index contributed by atoms with van der Waals surface area (Å²) in [6.45, 7) is 3.10. The van der Waals surface area contributed by atoms with Crippen molar-refractivity contribution in [1.82, 2.24) is 15.6 Å². The maximum absolute atomic E-state index is 11.8. The fraction of sp³-hybridized carbons (Fsp3) is 0.208. The molecule has 196 valence electrons. The van der Waals surface area contributed by atoms with Gasteiger partial charge in [-0.1, -0.05) is 60.7 Å². The molecule has 13 heteroatoms. The topological polar surface area (TPSA) is 173 Å². The van der Waals surface area contributed by atoms with Crippen LogP contribution >= 0.6 is 0 Å². The lowest BCUT2D eigenvalue weighted by Gasteiger charge is -2.09. The lowest BCUT2D eigenvalue weighted by molar-refractivity contribution is -0.118. The first-order valence-corrected chi connectivity index (χ1v) is 14.6. The molecule has 0 bridgehead atoms. The molecule has 3 aromatic rings. The summed E-state index contributed by atoms with van der Waals surface area (Å²) in [6, 6.07) is 17.3. The van der Waals surface area contributed by atoms with Crippen LogP contribution in [0.3, 0.4) is 0 Å². The quantitative estimate of drug-likeness (QED) is 0.255. The average Bonchev–Trinajstić information content (AvgIpc) is 2.83. The molecule has 0 saturated carbocycles. The van der Waals surface area contributed by atoms with Crippen molar-refractivity contribution in [2.45, 2.75) is 18.7 Å². The Hall–Kier alpha value is -3.97. The van der Waals surface area contributed by atoms with Crippen LogP contribution in [0.5, 0.6) is 0 Å². The molecular formula is C24H26N4O7S2. The summed E-state index contributed by atoms with van der Waals surface area (Å²) in [5.74, 6) is -1.77. The van der Waals surface area contributed by atoms with Gasteiger partial charge in [0.2, 0.25) is 5.78 Å². The normalized spacial score (nSPS) is 11.7. The molecule has 1 amide bonds. The van der Waals surface area contributed by atoms with Crippen molar-refractivity contribution in [1.29, 1.82) is 0 Å². The molecule has 0 aliphatic rings. The number of hydrazone groups is 1. The van der Waals surface area contributed by atoms with Crippen LogP contribution in [0, 0.1) is 6.92 Å². The number of nitrogens with one attached hydrogen (secondary N) is 2. The third kappa shape index (κ3) is 8.88. The second-order valence-electron chi connectivity index (χ2n) is 7.98. The van der Waals surface area contributed by atoms with Crippen LogP contribution in [0.2, 0.25) is 0 Å². The molecule has 0 spiro atoms. The fourth-order valence-electron chi connectivity index (χ4n) is 3.08. The Balaban J connectivity index is 0.000000260. The van der Waals surface area contributed by atoms with Gasteiger partial charge in [-0.2, -0.15) is 10.2 Å². The third-order valence-electron chi connectivity index (χ3n) is 4.66. The van der Waals surface area contributed by atoms with Crippen LogP contribution < -0.4 is 11.0 Å².